The zero-order chi connectivity index (χ0) is 13.6. The third-order valence-corrected chi connectivity index (χ3v) is 5.79. The largest absolute Gasteiger partial charge is 0.478 e. The summed E-state index contributed by atoms with van der Waals surface area (Å²) in [7, 11) is 0. The quantitative estimate of drug-likeness (QED) is 0.769. The van der Waals surface area contributed by atoms with Crippen molar-refractivity contribution in [3.05, 3.63) is 11.6 Å². The zero-order valence-corrected chi connectivity index (χ0v) is 12.2. The van der Waals surface area contributed by atoms with Crippen LogP contribution in [0.5, 0.6) is 0 Å². The molecule has 0 saturated heterocycles. The predicted octanol–water partition coefficient (Wildman–Crippen LogP) is 4.26. The molecule has 0 heterocycles. The molecular formula is C17H26O2. The summed E-state index contributed by atoms with van der Waals surface area (Å²) in [6.07, 6.45) is 11.5. The number of carboxylic acids is 1. The average molecular weight is 262 g/mol. The lowest BCUT2D eigenvalue weighted by Gasteiger charge is -2.56. The van der Waals surface area contributed by atoms with Gasteiger partial charge in [-0.1, -0.05) is 19.9 Å². The van der Waals surface area contributed by atoms with Crippen LogP contribution in [0.1, 0.15) is 58.8 Å². The van der Waals surface area contributed by atoms with E-state index in [4.69, 9.17) is 0 Å². The van der Waals surface area contributed by atoms with Crippen LogP contribution in [0.2, 0.25) is 0 Å². The molecule has 4 aliphatic carbocycles. The van der Waals surface area contributed by atoms with Gasteiger partial charge >= 0.3 is 5.97 Å². The lowest BCUT2D eigenvalue weighted by atomic mass is 9.49. The predicted molar refractivity (Wildman–Crippen MR) is 75.8 cm³/mol. The van der Waals surface area contributed by atoms with Gasteiger partial charge < -0.3 is 5.11 Å². The lowest BCUT2D eigenvalue weighted by molar-refractivity contribution is -0.133. The third kappa shape index (κ3) is 2.46. The topological polar surface area (TPSA) is 37.3 Å². The SMILES string of the molecule is CC(C)C(=CCC12CC3CC(CC(C3)C1)C2)C(=O)O. The van der Waals surface area contributed by atoms with E-state index < -0.39 is 5.97 Å². The lowest BCUT2D eigenvalue weighted by Crippen LogP contribution is -2.45. The van der Waals surface area contributed by atoms with E-state index in [1.165, 1.54) is 38.5 Å². The molecule has 2 heteroatoms. The van der Waals surface area contributed by atoms with Crippen molar-refractivity contribution >= 4 is 5.97 Å². The Morgan fingerprint density at radius 2 is 1.63 bits per heavy atom. The summed E-state index contributed by atoms with van der Waals surface area (Å²) in [5, 5.41) is 9.29. The zero-order valence-electron chi connectivity index (χ0n) is 12.2. The fourth-order valence-electron chi connectivity index (χ4n) is 5.44. The highest BCUT2D eigenvalue weighted by molar-refractivity contribution is 5.86. The number of carboxylic acid groups (broad SMARTS) is 1. The fraction of sp³-hybridized carbons (Fsp3) is 0.824. The first-order valence-electron chi connectivity index (χ1n) is 7.91. The van der Waals surface area contributed by atoms with Gasteiger partial charge in [0, 0.05) is 5.57 Å². The summed E-state index contributed by atoms with van der Waals surface area (Å²) in [6, 6.07) is 0. The Morgan fingerprint density at radius 1 is 1.16 bits per heavy atom. The van der Waals surface area contributed by atoms with E-state index in [1.54, 1.807) is 0 Å². The molecule has 4 fully saturated rings. The molecule has 4 bridgehead atoms. The fourth-order valence-corrected chi connectivity index (χ4v) is 5.44. The average Bonchev–Trinajstić information content (AvgIpc) is 2.25. The molecule has 2 nitrogen and oxygen atoms in total. The van der Waals surface area contributed by atoms with Crippen LogP contribution in [0.25, 0.3) is 0 Å². The minimum absolute atomic E-state index is 0.131. The van der Waals surface area contributed by atoms with Crippen LogP contribution in [0.15, 0.2) is 11.6 Å². The van der Waals surface area contributed by atoms with E-state index in [0.717, 1.165) is 24.2 Å². The number of hydrogen-bond acceptors (Lipinski definition) is 1. The van der Waals surface area contributed by atoms with Crippen molar-refractivity contribution in [2.24, 2.45) is 29.1 Å². The van der Waals surface area contributed by atoms with E-state index in [1.807, 2.05) is 13.8 Å². The Balaban J connectivity index is 1.76. The van der Waals surface area contributed by atoms with Gasteiger partial charge in [-0.25, -0.2) is 4.79 Å². The number of allylic oxidation sites excluding steroid dienone is 1. The molecule has 0 spiro atoms. The molecule has 0 radical (unpaired) electrons. The van der Waals surface area contributed by atoms with Crippen LogP contribution < -0.4 is 0 Å². The Kier molecular flexibility index (Phi) is 3.23. The minimum atomic E-state index is -0.722. The van der Waals surface area contributed by atoms with Gasteiger partial charge in [0.25, 0.3) is 0 Å². The Labute approximate surface area is 116 Å². The number of aliphatic carboxylic acids is 1. The van der Waals surface area contributed by atoms with Crippen molar-refractivity contribution in [2.75, 3.05) is 0 Å². The Morgan fingerprint density at radius 3 is 2.00 bits per heavy atom. The molecular weight excluding hydrogens is 236 g/mol. The van der Waals surface area contributed by atoms with E-state index >= 15 is 0 Å². The van der Waals surface area contributed by atoms with Gasteiger partial charge in [0.1, 0.15) is 0 Å². The van der Waals surface area contributed by atoms with Crippen LogP contribution in [0, 0.1) is 29.1 Å². The first kappa shape index (κ1) is 13.2. The summed E-state index contributed by atoms with van der Waals surface area (Å²) in [5.41, 5.74) is 1.08. The second kappa shape index (κ2) is 4.64. The van der Waals surface area contributed by atoms with Crippen molar-refractivity contribution < 1.29 is 9.90 Å². The summed E-state index contributed by atoms with van der Waals surface area (Å²) in [4.78, 5) is 11.3. The van der Waals surface area contributed by atoms with Gasteiger partial charge in [0.15, 0.2) is 0 Å². The Hall–Kier alpha value is -0.790. The van der Waals surface area contributed by atoms with Crippen LogP contribution in [0.3, 0.4) is 0 Å². The molecule has 1 N–H and O–H groups in total. The molecule has 4 saturated carbocycles. The number of hydrogen-bond donors (Lipinski definition) is 1. The third-order valence-electron chi connectivity index (χ3n) is 5.79. The van der Waals surface area contributed by atoms with Crippen molar-refractivity contribution in [3.63, 3.8) is 0 Å². The summed E-state index contributed by atoms with van der Waals surface area (Å²) < 4.78 is 0. The molecule has 4 aliphatic rings. The van der Waals surface area contributed by atoms with Crippen LogP contribution in [-0.4, -0.2) is 11.1 Å². The Bertz CT molecular complexity index is 370. The van der Waals surface area contributed by atoms with E-state index in [0.29, 0.717) is 11.0 Å². The van der Waals surface area contributed by atoms with E-state index in [2.05, 4.69) is 6.08 Å². The van der Waals surface area contributed by atoms with Gasteiger partial charge in [-0.2, -0.15) is 0 Å². The monoisotopic (exact) mass is 262 g/mol. The minimum Gasteiger partial charge on any atom is -0.478 e. The van der Waals surface area contributed by atoms with Gasteiger partial charge in [-0.15, -0.1) is 0 Å². The maximum Gasteiger partial charge on any atom is 0.331 e. The highest BCUT2D eigenvalue weighted by Crippen LogP contribution is 2.61. The van der Waals surface area contributed by atoms with Gasteiger partial charge in [0.05, 0.1) is 0 Å². The van der Waals surface area contributed by atoms with Crippen molar-refractivity contribution in [3.8, 4) is 0 Å². The molecule has 19 heavy (non-hydrogen) atoms. The van der Waals surface area contributed by atoms with E-state index in [-0.39, 0.29) is 5.92 Å². The van der Waals surface area contributed by atoms with Crippen LogP contribution >= 0.6 is 0 Å². The van der Waals surface area contributed by atoms with E-state index in [9.17, 15) is 9.90 Å². The summed E-state index contributed by atoms with van der Waals surface area (Å²) >= 11 is 0. The molecule has 0 aromatic carbocycles. The maximum absolute atomic E-state index is 11.3. The first-order chi connectivity index (χ1) is 8.97. The van der Waals surface area contributed by atoms with Crippen molar-refractivity contribution in [2.45, 2.75) is 58.8 Å². The maximum atomic E-state index is 11.3. The molecule has 4 rings (SSSR count). The molecule has 106 valence electrons. The molecule has 0 atom stereocenters. The van der Waals surface area contributed by atoms with Crippen LogP contribution in [-0.2, 0) is 4.79 Å². The highest BCUT2D eigenvalue weighted by atomic mass is 16.4. The van der Waals surface area contributed by atoms with Gasteiger partial charge in [0.2, 0.25) is 0 Å². The smallest absolute Gasteiger partial charge is 0.331 e. The number of rotatable bonds is 4. The van der Waals surface area contributed by atoms with Gasteiger partial charge in [-0.3, -0.25) is 0 Å². The molecule has 0 aromatic rings. The summed E-state index contributed by atoms with van der Waals surface area (Å²) in [5.74, 6) is 2.26. The van der Waals surface area contributed by atoms with Gasteiger partial charge in [-0.05, 0) is 74.0 Å². The van der Waals surface area contributed by atoms with Crippen molar-refractivity contribution in [1.29, 1.82) is 0 Å². The number of carbonyl (C=O) groups is 1. The molecule has 0 unspecified atom stereocenters. The highest BCUT2D eigenvalue weighted by Gasteiger charge is 2.50. The standard InChI is InChI=1S/C17H26O2/c1-11(2)15(16(18)19)3-4-17-8-12-5-13(9-17)7-14(6-12)10-17/h3,11-14H,4-10H2,1-2H3,(H,18,19). The second-order valence-electron chi connectivity index (χ2n) is 7.74. The molecule has 0 amide bonds. The normalized spacial score (nSPS) is 41.0. The second-order valence-corrected chi connectivity index (χ2v) is 7.74. The first-order valence-corrected chi connectivity index (χ1v) is 7.91. The molecule has 0 aliphatic heterocycles. The van der Waals surface area contributed by atoms with Crippen molar-refractivity contribution in [1.82, 2.24) is 0 Å². The van der Waals surface area contributed by atoms with Crippen LogP contribution in [0.4, 0.5) is 0 Å². The molecule has 0 aromatic heterocycles. The summed E-state index contributed by atoms with van der Waals surface area (Å²) in [6.45, 7) is 3.97.